The van der Waals surface area contributed by atoms with E-state index < -0.39 is 0 Å². The maximum atomic E-state index is 5.57. The third kappa shape index (κ3) is 2.45. The van der Waals surface area contributed by atoms with Crippen LogP contribution in [0.15, 0.2) is 34.1 Å². The number of fused-ring (bicyclic) bond motifs is 2. The molecule has 3 rings (SSSR count). The molecule has 4 heteroatoms. The minimum absolute atomic E-state index is 0.952. The van der Waals surface area contributed by atoms with E-state index in [4.69, 9.17) is 9.47 Å². The lowest BCUT2D eigenvalue weighted by atomic mass is 10.1. The Hall–Kier alpha value is -1.81. The predicted octanol–water partition coefficient (Wildman–Crippen LogP) is 5.06. The molecule has 0 saturated heterocycles. The average Bonchev–Trinajstić information content (AvgIpc) is 2.59. The molecule has 0 saturated carbocycles. The van der Waals surface area contributed by atoms with E-state index in [1.54, 1.807) is 14.2 Å². The van der Waals surface area contributed by atoms with Crippen LogP contribution in [0.25, 0.3) is 0 Å². The summed E-state index contributed by atoms with van der Waals surface area (Å²) >= 11 is 1.85. The van der Waals surface area contributed by atoms with Crippen molar-refractivity contribution in [2.24, 2.45) is 0 Å². The van der Waals surface area contributed by atoms with Crippen molar-refractivity contribution in [1.29, 1.82) is 0 Å². The zero-order valence-electron chi connectivity index (χ0n) is 14.4. The van der Waals surface area contributed by atoms with Crippen LogP contribution in [0.2, 0.25) is 0 Å². The summed E-state index contributed by atoms with van der Waals surface area (Å²) in [7, 11) is 5.62. The van der Waals surface area contributed by atoms with Crippen LogP contribution in [0.1, 0.15) is 25.0 Å². The molecule has 1 aliphatic rings. The summed E-state index contributed by atoms with van der Waals surface area (Å²) in [6, 6.07) is 8.45. The van der Waals surface area contributed by atoms with Crippen molar-refractivity contribution < 1.29 is 9.47 Å². The lowest BCUT2D eigenvalue weighted by Crippen LogP contribution is -2.17. The van der Waals surface area contributed by atoms with Gasteiger partial charge in [0.2, 0.25) is 0 Å². The molecule has 0 spiro atoms. The van der Waals surface area contributed by atoms with Gasteiger partial charge in [0.15, 0.2) is 0 Å². The zero-order chi connectivity index (χ0) is 16.6. The highest BCUT2D eigenvalue weighted by molar-refractivity contribution is 7.99. The van der Waals surface area contributed by atoms with Gasteiger partial charge in [0.1, 0.15) is 11.5 Å². The van der Waals surface area contributed by atoms with E-state index >= 15 is 0 Å². The van der Waals surface area contributed by atoms with Gasteiger partial charge in [0.25, 0.3) is 0 Å². The monoisotopic (exact) mass is 329 g/mol. The van der Waals surface area contributed by atoms with Crippen molar-refractivity contribution in [2.75, 3.05) is 26.2 Å². The van der Waals surface area contributed by atoms with Gasteiger partial charge < -0.3 is 14.4 Å². The molecule has 0 fully saturated rings. The van der Waals surface area contributed by atoms with Gasteiger partial charge in [-0.1, -0.05) is 25.6 Å². The summed E-state index contributed by atoms with van der Waals surface area (Å²) in [4.78, 5) is 4.87. The first-order valence-electron chi connectivity index (χ1n) is 7.97. The first-order chi connectivity index (χ1) is 11.2. The molecule has 0 bridgehead atoms. The molecule has 0 radical (unpaired) electrons. The lowest BCUT2D eigenvalue weighted by molar-refractivity contribution is 0.408. The fourth-order valence-corrected chi connectivity index (χ4v) is 4.79. The van der Waals surface area contributed by atoms with Gasteiger partial charge in [-0.3, -0.25) is 0 Å². The normalized spacial score (nSPS) is 12.7. The van der Waals surface area contributed by atoms with Crippen molar-refractivity contribution in [1.82, 2.24) is 0 Å². The highest BCUT2D eigenvalue weighted by Gasteiger charge is 2.27. The molecular formula is C19H23NO2S. The van der Waals surface area contributed by atoms with Crippen LogP contribution in [0.4, 0.5) is 11.4 Å². The highest BCUT2D eigenvalue weighted by Crippen LogP contribution is 2.53. The number of nitrogens with zero attached hydrogens (tertiary/aromatic N) is 1. The third-order valence-corrected chi connectivity index (χ3v) is 5.79. The topological polar surface area (TPSA) is 21.7 Å². The fraction of sp³-hybridized carbons (Fsp3) is 0.368. The van der Waals surface area contributed by atoms with Crippen molar-refractivity contribution in [3.8, 4) is 11.5 Å². The Morgan fingerprint density at radius 1 is 0.826 bits per heavy atom. The number of anilines is 2. The fourth-order valence-electron chi connectivity index (χ4n) is 3.23. The van der Waals surface area contributed by atoms with Gasteiger partial charge >= 0.3 is 0 Å². The summed E-state index contributed by atoms with van der Waals surface area (Å²) in [5.74, 6) is 1.94. The first kappa shape index (κ1) is 16.1. The summed E-state index contributed by atoms with van der Waals surface area (Å²) in [6.07, 6.45) is 1.90. The second-order valence-electron chi connectivity index (χ2n) is 5.56. The zero-order valence-corrected chi connectivity index (χ0v) is 15.2. The van der Waals surface area contributed by atoms with Gasteiger partial charge in [-0.2, -0.15) is 0 Å². The van der Waals surface area contributed by atoms with E-state index in [2.05, 4.69) is 50.1 Å². The van der Waals surface area contributed by atoms with E-state index in [-0.39, 0.29) is 0 Å². The van der Waals surface area contributed by atoms with Crippen molar-refractivity contribution >= 4 is 23.1 Å². The standard InChI is InChI=1S/C19H23NO2S/c1-6-12-16(21-4)10-8-14-18(12)23-19-13(7-2)17(22-5)11-9-15(19)20(14)3/h8-11H,6-7H2,1-5H3. The molecule has 2 aromatic carbocycles. The summed E-state index contributed by atoms with van der Waals surface area (Å²) < 4.78 is 11.1. The van der Waals surface area contributed by atoms with E-state index in [0.29, 0.717) is 0 Å². The Morgan fingerprint density at radius 2 is 1.26 bits per heavy atom. The first-order valence-corrected chi connectivity index (χ1v) is 8.79. The molecule has 0 N–H and O–H groups in total. The molecule has 1 aliphatic heterocycles. The van der Waals surface area contributed by atoms with Crippen molar-refractivity contribution in [3.05, 3.63) is 35.4 Å². The van der Waals surface area contributed by atoms with Crippen LogP contribution < -0.4 is 14.4 Å². The molecule has 0 atom stereocenters. The number of rotatable bonds is 4. The van der Waals surface area contributed by atoms with Gasteiger partial charge in [0.05, 0.1) is 25.6 Å². The predicted molar refractivity (Wildman–Crippen MR) is 96.9 cm³/mol. The largest absolute Gasteiger partial charge is 0.496 e. The number of hydrogen-bond acceptors (Lipinski definition) is 4. The van der Waals surface area contributed by atoms with Crippen LogP contribution >= 0.6 is 11.8 Å². The maximum Gasteiger partial charge on any atom is 0.123 e. The van der Waals surface area contributed by atoms with Gasteiger partial charge in [-0.25, -0.2) is 0 Å². The summed E-state index contributed by atoms with van der Waals surface area (Å²) in [5, 5.41) is 0. The molecule has 122 valence electrons. The third-order valence-electron chi connectivity index (χ3n) is 4.47. The number of methoxy groups -OCH3 is 2. The van der Waals surface area contributed by atoms with E-state index in [9.17, 15) is 0 Å². The Bertz CT molecular complexity index is 681. The molecule has 0 aromatic heterocycles. The summed E-state index contributed by atoms with van der Waals surface area (Å²) in [5.41, 5.74) is 5.04. The average molecular weight is 329 g/mol. The number of benzene rings is 2. The maximum absolute atomic E-state index is 5.57. The Kier molecular flexibility index (Phi) is 4.44. The van der Waals surface area contributed by atoms with Crippen LogP contribution in [0.3, 0.4) is 0 Å². The van der Waals surface area contributed by atoms with Crippen molar-refractivity contribution in [2.45, 2.75) is 36.5 Å². The van der Waals surface area contributed by atoms with Crippen LogP contribution in [-0.2, 0) is 12.8 Å². The Labute approximate surface area is 142 Å². The molecule has 23 heavy (non-hydrogen) atoms. The lowest BCUT2D eigenvalue weighted by Gasteiger charge is -2.33. The van der Waals surface area contributed by atoms with Crippen LogP contribution in [-0.4, -0.2) is 21.3 Å². The second kappa shape index (κ2) is 6.36. The van der Waals surface area contributed by atoms with Gasteiger partial charge in [0, 0.05) is 28.0 Å². The molecule has 0 aliphatic carbocycles. The highest BCUT2D eigenvalue weighted by atomic mass is 32.2. The summed E-state index contributed by atoms with van der Waals surface area (Å²) in [6.45, 7) is 4.36. The van der Waals surface area contributed by atoms with Crippen molar-refractivity contribution in [3.63, 3.8) is 0 Å². The van der Waals surface area contributed by atoms with Gasteiger partial charge in [-0.15, -0.1) is 0 Å². The van der Waals surface area contributed by atoms with E-state index in [1.807, 2.05) is 11.8 Å². The Morgan fingerprint density at radius 3 is 1.61 bits per heavy atom. The quantitative estimate of drug-likeness (QED) is 0.781. The molecule has 0 unspecified atom stereocenters. The Balaban J connectivity index is 2.22. The minimum atomic E-state index is 0.952. The molecule has 2 aromatic rings. The number of ether oxygens (including phenoxy) is 2. The van der Waals surface area contributed by atoms with E-state index in [1.165, 1.54) is 32.3 Å². The molecular weight excluding hydrogens is 306 g/mol. The minimum Gasteiger partial charge on any atom is -0.496 e. The SMILES string of the molecule is CCc1c(OC)ccc2c1Sc1c(ccc(OC)c1CC)N2C. The molecule has 0 amide bonds. The molecule has 3 nitrogen and oxygen atoms in total. The van der Waals surface area contributed by atoms with Crippen LogP contribution in [0, 0.1) is 0 Å². The molecule has 1 heterocycles. The van der Waals surface area contributed by atoms with Crippen LogP contribution in [0.5, 0.6) is 11.5 Å². The van der Waals surface area contributed by atoms with E-state index in [0.717, 1.165) is 24.3 Å². The number of hydrogen-bond donors (Lipinski definition) is 0. The smallest absolute Gasteiger partial charge is 0.123 e. The second-order valence-corrected chi connectivity index (χ2v) is 6.58. The van der Waals surface area contributed by atoms with Gasteiger partial charge in [-0.05, 0) is 37.1 Å².